The molecule has 0 spiro atoms. The molecule has 4 rings (SSSR count). The van der Waals surface area contributed by atoms with Crippen LogP contribution < -0.4 is 16.4 Å². The lowest BCUT2D eigenvalue weighted by Gasteiger charge is -2.19. The number of rotatable bonds is 7. The summed E-state index contributed by atoms with van der Waals surface area (Å²) in [4.78, 5) is 29.8. The van der Waals surface area contributed by atoms with Crippen LogP contribution in [-0.4, -0.2) is 22.8 Å². The number of aromatic nitrogens is 1. The number of nitrogens with two attached hydrogens (primary N) is 1. The number of amides is 2. The molecule has 0 saturated carbocycles. The third-order valence-electron chi connectivity index (χ3n) is 5.41. The molecule has 34 heavy (non-hydrogen) atoms. The number of hydrogen-bond acceptors (Lipinski definition) is 4. The van der Waals surface area contributed by atoms with Crippen molar-refractivity contribution in [2.24, 2.45) is 0 Å². The van der Waals surface area contributed by atoms with Crippen LogP contribution in [0, 0.1) is 11.6 Å². The molecule has 0 aliphatic heterocycles. The number of carbonyl (C=O) groups is 2. The first-order valence-corrected chi connectivity index (χ1v) is 10.6. The van der Waals surface area contributed by atoms with Crippen molar-refractivity contribution in [3.63, 3.8) is 0 Å². The summed E-state index contributed by atoms with van der Waals surface area (Å²) in [6.45, 7) is 0.201. The molecule has 0 aliphatic rings. The van der Waals surface area contributed by atoms with Gasteiger partial charge in [-0.2, -0.15) is 0 Å². The standard InChI is InChI=1S/C26H22F2N4O2/c27-21-9-7-16(13-22(21)28)14-23(32-25(33)18-4-2-1-3-5-18)26(34)31-15-17-6-8-20-19(12-17)10-11-30-24(20)29/h1-13,23H,14-15H2,(H2,29,30)(H,31,34)(H,32,33)/t23-/m0/s1. The van der Waals surface area contributed by atoms with Crippen molar-refractivity contribution in [1.29, 1.82) is 0 Å². The summed E-state index contributed by atoms with van der Waals surface area (Å²) in [5, 5.41) is 7.20. The fourth-order valence-corrected chi connectivity index (χ4v) is 3.62. The average Bonchev–Trinajstić information content (AvgIpc) is 2.85. The Morgan fingerprint density at radius 2 is 1.68 bits per heavy atom. The Labute approximate surface area is 194 Å². The molecule has 1 aromatic heterocycles. The second-order valence-electron chi connectivity index (χ2n) is 7.81. The third-order valence-corrected chi connectivity index (χ3v) is 5.41. The molecular formula is C26H22F2N4O2. The van der Waals surface area contributed by atoms with Crippen LogP contribution in [0.1, 0.15) is 21.5 Å². The maximum Gasteiger partial charge on any atom is 0.251 e. The number of hydrogen-bond donors (Lipinski definition) is 3. The lowest BCUT2D eigenvalue weighted by Crippen LogP contribution is -2.47. The predicted octanol–water partition coefficient (Wildman–Crippen LogP) is 3.75. The smallest absolute Gasteiger partial charge is 0.251 e. The van der Waals surface area contributed by atoms with Crippen molar-refractivity contribution < 1.29 is 18.4 Å². The second-order valence-corrected chi connectivity index (χ2v) is 7.81. The molecule has 172 valence electrons. The Morgan fingerprint density at radius 3 is 2.44 bits per heavy atom. The van der Waals surface area contributed by atoms with Crippen molar-refractivity contribution in [3.05, 3.63) is 107 Å². The maximum absolute atomic E-state index is 13.7. The minimum Gasteiger partial charge on any atom is -0.383 e. The minimum atomic E-state index is -1.02. The topological polar surface area (TPSA) is 97.1 Å². The summed E-state index contributed by atoms with van der Waals surface area (Å²) in [5.41, 5.74) is 7.47. The monoisotopic (exact) mass is 460 g/mol. The Morgan fingerprint density at radius 1 is 0.912 bits per heavy atom. The van der Waals surface area contributed by atoms with Crippen LogP contribution in [0.15, 0.2) is 79.0 Å². The predicted molar refractivity (Wildman–Crippen MR) is 126 cm³/mol. The zero-order valence-electron chi connectivity index (χ0n) is 18.1. The van der Waals surface area contributed by atoms with Crippen LogP contribution in [0.25, 0.3) is 10.8 Å². The molecule has 1 atom stereocenters. The van der Waals surface area contributed by atoms with E-state index >= 15 is 0 Å². The van der Waals surface area contributed by atoms with E-state index in [1.54, 1.807) is 36.5 Å². The molecule has 6 nitrogen and oxygen atoms in total. The van der Waals surface area contributed by atoms with E-state index in [1.807, 2.05) is 24.3 Å². The van der Waals surface area contributed by atoms with Crippen molar-refractivity contribution >= 4 is 28.4 Å². The van der Waals surface area contributed by atoms with Gasteiger partial charge in [0.15, 0.2) is 11.6 Å². The molecule has 2 amide bonds. The van der Waals surface area contributed by atoms with Gasteiger partial charge in [-0.15, -0.1) is 0 Å². The number of benzene rings is 3. The van der Waals surface area contributed by atoms with Gasteiger partial charge < -0.3 is 16.4 Å². The summed E-state index contributed by atoms with van der Waals surface area (Å²) < 4.78 is 27.0. The molecule has 0 unspecified atom stereocenters. The summed E-state index contributed by atoms with van der Waals surface area (Å²) in [7, 11) is 0. The van der Waals surface area contributed by atoms with Crippen LogP contribution in [0.4, 0.5) is 14.6 Å². The number of nitrogens with zero attached hydrogens (tertiary/aromatic N) is 1. The zero-order chi connectivity index (χ0) is 24.1. The van der Waals surface area contributed by atoms with Gasteiger partial charge in [-0.05, 0) is 52.9 Å². The number of pyridine rings is 1. The lowest BCUT2D eigenvalue weighted by atomic mass is 10.0. The minimum absolute atomic E-state index is 0.0124. The zero-order valence-corrected chi connectivity index (χ0v) is 18.1. The molecule has 4 N–H and O–H groups in total. The van der Waals surface area contributed by atoms with Gasteiger partial charge in [0, 0.05) is 30.1 Å². The summed E-state index contributed by atoms with van der Waals surface area (Å²) >= 11 is 0. The number of fused-ring (bicyclic) bond motifs is 1. The number of nitrogen functional groups attached to an aromatic ring is 1. The van der Waals surface area contributed by atoms with Gasteiger partial charge in [0.25, 0.3) is 5.91 Å². The van der Waals surface area contributed by atoms with Gasteiger partial charge in [0.05, 0.1) is 0 Å². The van der Waals surface area contributed by atoms with Gasteiger partial charge in [-0.3, -0.25) is 9.59 Å². The highest BCUT2D eigenvalue weighted by Gasteiger charge is 2.22. The van der Waals surface area contributed by atoms with E-state index in [1.165, 1.54) is 6.07 Å². The summed E-state index contributed by atoms with van der Waals surface area (Å²) in [5.74, 6) is -2.48. The number of nitrogens with one attached hydrogen (secondary N) is 2. The summed E-state index contributed by atoms with van der Waals surface area (Å²) in [6, 6.07) is 18.2. The maximum atomic E-state index is 13.7. The van der Waals surface area contributed by atoms with E-state index in [0.717, 1.165) is 28.5 Å². The van der Waals surface area contributed by atoms with Crippen LogP contribution in [-0.2, 0) is 17.8 Å². The molecule has 1 heterocycles. The van der Waals surface area contributed by atoms with E-state index in [9.17, 15) is 18.4 Å². The van der Waals surface area contributed by atoms with Gasteiger partial charge in [-0.1, -0.05) is 36.4 Å². The number of halogens is 2. The fourth-order valence-electron chi connectivity index (χ4n) is 3.62. The molecule has 0 aliphatic carbocycles. The Bertz CT molecular complexity index is 1350. The first kappa shape index (κ1) is 22.8. The van der Waals surface area contributed by atoms with Gasteiger partial charge >= 0.3 is 0 Å². The van der Waals surface area contributed by atoms with Crippen molar-refractivity contribution in [2.75, 3.05) is 5.73 Å². The first-order valence-electron chi connectivity index (χ1n) is 10.6. The van der Waals surface area contributed by atoms with Crippen molar-refractivity contribution in [2.45, 2.75) is 19.0 Å². The Hall–Kier alpha value is -4.33. The van der Waals surface area contributed by atoms with Crippen LogP contribution in [0.2, 0.25) is 0 Å². The fraction of sp³-hybridized carbons (Fsp3) is 0.115. The molecule has 0 saturated heterocycles. The van der Waals surface area contributed by atoms with Crippen molar-refractivity contribution in [1.82, 2.24) is 15.6 Å². The normalized spacial score (nSPS) is 11.7. The van der Waals surface area contributed by atoms with Crippen LogP contribution >= 0.6 is 0 Å². The number of anilines is 1. The molecule has 8 heteroatoms. The quantitative estimate of drug-likeness (QED) is 0.391. The van der Waals surface area contributed by atoms with Gasteiger partial charge in [0.2, 0.25) is 5.91 Å². The van der Waals surface area contributed by atoms with E-state index < -0.39 is 29.5 Å². The largest absolute Gasteiger partial charge is 0.383 e. The highest BCUT2D eigenvalue weighted by atomic mass is 19.2. The SMILES string of the molecule is Nc1nccc2cc(CNC(=O)[C@H](Cc3ccc(F)c(F)c3)NC(=O)c3ccccc3)ccc12. The van der Waals surface area contributed by atoms with Crippen LogP contribution in [0.5, 0.6) is 0 Å². The average molecular weight is 460 g/mol. The Kier molecular flexibility index (Phi) is 6.77. The van der Waals surface area contributed by atoms with Crippen LogP contribution in [0.3, 0.4) is 0 Å². The second kappa shape index (κ2) is 10.1. The number of carbonyl (C=O) groups excluding carboxylic acids is 2. The summed E-state index contributed by atoms with van der Waals surface area (Å²) in [6.07, 6.45) is 1.60. The lowest BCUT2D eigenvalue weighted by molar-refractivity contribution is -0.123. The molecule has 0 fully saturated rings. The van der Waals surface area contributed by atoms with E-state index in [-0.39, 0.29) is 13.0 Å². The molecular weight excluding hydrogens is 438 g/mol. The van der Waals surface area contributed by atoms with Gasteiger partial charge in [-0.25, -0.2) is 13.8 Å². The van der Waals surface area contributed by atoms with Gasteiger partial charge in [0.1, 0.15) is 11.9 Å². The molecule has 0 radical (unpaired) electrons. The molecule has 4 aromatic rings. The van der Waals surface area contributed by atoms with E-state index in [4.69, 9.17) is 5.73 Å². The van der Waals surface area contributed by atoms with E-state index in [2.05, 4.69) is 15.6 Å². The first-order chi connectivity index (χ1) is 16.4. The Balaban J connectivity index is 1.51. The highest BCUT2D eigenvalue weighted by molar-refractivity contribution is 5.97. The van der Waals surface area contributed by atoms with Crippen molar-refractivity contribution in [3.8, 4) is 0 Å². The molecule has 0 bridgehead atoms. The third kappa shape index (κ3) is 5.35. The molecule has 3 aromatic carbocycles. The highest BCUT2D eigenvalue weighted by Crippen LogP contribution is 2.20. The van der Waals surface area contributed by atoms with E-state index in [0.29, 0.717) is 16.9 Å².